The molecule has 5 heteroatoms. The number of unbranched alkanes of at least 4 members (excludes halogenated alkanes) is 1. The van der Waals surface area contributed by atoms with Crippen molar-refractivity contribution in [3.05, 3.63) is 65.7 Å². The third-order valence-electron chi connectivity index (χ3n) is 5.17. The Bertz CT molecular complexity index is 792. The van der Waals surface area contributed by atoms with Gasteiger partial charge in [-0.25, -0.2) is 0 Å². The van der Waals surface area contributed by atoms with Gasteiger partial charge >= 0.3 is 0 Å². The van der Waals surface area contributed by atoms with E-state index >= 15 is 0 Å². The number of aryl methyl sites for hydroxylation is 1. The summed E-state index contributed by atoms with van der Waals surface area (Å²) in [4.78, 5) is 27.8. The zero-order valence-electron chi connectivity index (χ0n) is 18.4. The number of ether oxygens (including phenoxy) is 1. The Balaban J connectivity index is 2.18. The molecule has 0 fully saturated rings. The molecule has 0 aliphatic carbocycles. The molecule has 30 heavy (non-hydrogen) atoms. The van der Waals surface area contributed by atoms with E-state index < -0.39 is 6.04 Å². The minimum absolute atomic E-state index is 0.0147. The minimum Gasteiger partial charge on any atom is -0.497 e. The summed E-state index contributed by atoms with van der Waals surface area (Å²) in [7, 11) is 1.62. The second-order valence-corrected chi connectivity index (χ2v) is 7.43. The molecule has 2 rings (SSSR count). The molecule has 1 N–H and O–H groups in total. The van der Waals surface area contributed by atoms with Crippen LogP contribution in [0.1, 0.15) is 50.7 Å². The molecule has 0 aromatic heterocycles. The van der Waals surface area contributed by atoms with E-state index in [1.54, 1.807) is 12.0 Å². The van der Waals surface area contributed by atoms with Gasteiger partial charge in [0.1, 0.15) is 11.8 Å². The highest BCUT2D eigenvalue weighted by Crippen LogP contribution is 2.18. The molecule has 0 bridgehead atoms. The smallest absolute Gasteiger partial charge is 0.242 e. The van der Waals surface area contributed by atoms with Gasteiger partial charge in [0.05, 0.1) is 7.11 Å². The van der Waals surface area contributed by atoms with Gasteiger partial charge in [0.25, 0.3) is 0 Å². The number of nitrogens with one attached hydrogen (secondary N) is 1. The van der Waals surface area contributed by atoms with Crippen LogP contribution in [0.25, 0.3) is 0 Å². The highest BCUT2D eigenvalue weighted by atomic mass is 16.5. The van der Waals surface area contributed by atoms with Crippen LogP contribution in [0.15, 0.2) is 54.6 Å². The summed E-state index contributed by atoms with van der Waals surface area (Å²) in [5.74, 6) is 0.644. The van der Waals surface area contributed by atoms with Crippen LogP contribution in [0.3, 0.4) is 0 Å². The molecule has 0 spiro atoms. The Morgan fingerprint density at radius 1 is 1.03 bits per heavy atom. The number of hydrogen-bond acceptors (Lipinski definition) is 3. The second kappa shape index (κ2) is 12.7. The third-order valence-corrected chi connectivity index (χ3v) is 5.17. The maximum Gasteiger partial charge on any atom is 0.242 e. The van der Waals surface area contributed by atoms with Gasteiger partial charge in [-0.2, -0.15) is 0 Å². The fraction of sp³-hybridized carbons (Fsp3) is 0.440. The van der Waals surface area contributed by atoms with Crippen molar-refractivity contribution in [1.82, 2.24) is 10.2 Å². The third kappa shape index (κ3) is 7.21. The maximum atomic E-state index is 13.2. The Hall–Kier alpha value is -2.82. The van der Waals surface area contributed by atoms with Gasteiger partial charge in [-0.15, -0.1) is 0 Å². The zero-order chi connectivity index (χ0) is 21.8. The van der Waals surface area contributed by atoms with Gasteiger partial charge in [0, 0.05) is 19.5 Å². The van der Waals surface area contributed by atoms with E-state index in [1.165, 1.54) is 0 Å². The maximum absolute atomic E-state index is 13.2. The molecule has 0 saturated carbocycles. The quantitative estimate of drug-likeness (QED) is 0.529. The Kier molecular flexibility index (Phi) is 9.92. The molecule has 2 aromatic rings. The van der Waals surface area contributed by atoms with Gasteiger partial charge in [-0.05, 0) is 42.5 Å². The van der Waals surface area contributed by atoms with Crippen molar-refractivity contribution in [2.24, 2.45) is 0 Å². The number of hydrogen-bond donors (Lipinski definition) is 1. The number of rotatable bonds is 12. The van der Waals surface area contributed by atoms with E-state index in [1.807, 2.05) is 61.5 Å². The fourth-order valence-corrected chi connectivity index (χ4v) is 3.43. The predicted molar refractivity (Wildman–Crippen MR) is 120 cm³/mol. The van der Waals surface area contributed by atoms with Crippen LogP contribution in [0.4, 0.5) is 0 Å². The molecule has 0 saturated heterocycles. The van der Waals surface area contributed by atoms with Crippen molar-refractivity contribution in [2.75, 3.05) is 13.7 Å². The van der Waals surface area contributed by atoms with E-state index in [0.29, 0.717) is 32.4 Å². The van der Waals surface area contributed by atoms with Crippen LogP contribution < -0.4 is 10.1 Å². The number of carbonyl (C=O) groups is 2. The van der Waals surface area contributed by atoms with Crippen LogP contribution in [-0.4, -0.2) is 36.4 Å². The molecule has 2 aromatic carbocycles. The monoisotopic (exact) mass is 410 g/mol. The van der Waals surface area contributed by atoms with E-state index in [4.69, 9.17) is 4.74 Å². The van der Waals surface area contributed by atoms with Crippen molar-refractivity contribution in [2.45, 2.75) is 58.5 Å². The lowest BCUT2D eigenvalue weighted by Crippen LogP contribution is -2.49. The zero-order valence-corrected chi connectivity index (χ0v) is 18.4. The number of carbonyl (C=O) groups excluding carboxylic acids is 2. The van der Waals surface area contributed by atoms with Crippen LogP contribution in [0.2, 0.25) is 0 Å². The van der Waals surface area contributed by atoms with Crippen molar-refractivity contribution in [1.29, 1.82) is 0 Å². The Morgan fingerprint density at radius 2 is 1.77 bits per heavy atom. The highest BCUT2D eigenvalue weighted by Gasteiger charge is 2.28. The average molecular weight is 411 g/mol. The summed E-state index contributed by atoms with van der Waals surface area (Å²) in [6.45, 7) is 5.06. The molecule has 1 atom stereocenters. The fourth-order valence-electron chi connectivity index (χ4n) is 3.43. The lowest BCUT2D eigenvalue weighted by molar-refractivity contribution is -0.141. The molecule has 0 radical (unpaired) electrons. The van der Waals surface area contributed by atoms with Crippen LogP contribution >= 0.6 is 0 Å². The minimum atomic E-state index is -0.490. The standard InChI is InChI=1S/C25H34N2O3/c1-4-6-17-26-25(29)23(5-2)27(19-21-13-10-14-22(18-21)30-3)24(28)16-15-20-11-8-7-9-12-20/h7-14,18,23H,4-6,15-17,19H2,1-3H3,(H,26,29). The van der Waals surface area contributed by atoms with Gasteiger partial charge in [0.15, 0.2) is 0 Å². The Labute approximate surface area is 180 Å². The number of amides is 2. The van der Waals surface area contributed by atoms with Crippen LogP contribution in [-0.2, 0) is 22.6 Å². The van der Waals surface area contributed by atoms with Gasteiger partial charge in [-0.1, -0.05) is 62.7 Å². The Morgan fingerprint density at radius 3 is 2.43 bits per heavy atom. The van der Waals surface area contributed by atoms with Gasteiger partial charge in [-0.3, -0.25) is 9.59 Å². The lowest BCUT2D eigenvalue weighted by Gasteiger charge is -2.31. The lowest BCUT2D eigenvalue weighted by atomic mass is 10.1. The van der Waals surface area contributed by atoms with Crippen molar-refractivity contribution < 1.29 is 14.3 Å². The number of nitrogens with zero attached hydrogens (tertiary/aromatic N) is 1. The van der Waals surface area contributed by atoms with E-state index in [9.17, 15) is 9.59 Å². The van der Waals surface area contributed by atoms with E-state index in [0.717, 1.165) is 29.7 Å². The second-order valence-electron chi connectivity index (χ2n) is 7.43. The summed E-state index contributed by atoms with van der Waals surface area (Å²) in [6.07, 6.45) is 3.54. The summed E-state index contributed by atoms with van der Waals surface area (Å²) >= 11 is 0. The topological polar surface area (TPSA) is 58.6 Å². The van der Waals surface area contributed by atoms with E-state index in [2.05, 4.69) is 12.2 Å². The summed E-state index contributed by atoms with van der Waals surface area (Å²) in [5.41, 5.74) is 2.06. The van der Waals surface area contributed by atoms with Crippen LogP contribution in [0.5, 0.6) is 5.75 Å². The summed E-state index contributed by atoms with van der Waals surface area (Å²) in [5, 5.41) is 2.99. The molecule has 0 aliphatic heterocycles. The molecular weight excluding hydrogens is 376 g/mol. The molecule has 162 valence electrons. The van der Waals surface area contributed by atoms with Crippen molar-refractivity contribution >= 4 is 11.8 Å². The largest absolute Gasteiger partial charge is 0.497 e. The normalized spacial score (nSPS) is 11.6. The predicted octanol–water partition coefficient (Wildman–Crippen LogP) is 4.35. The first-order valence-corrected chi connectivity index (χ1v) is 10.8. The first-order valence-electron chi connectivity index (χ1n) is 10.8. The van der Waals surface area contributed by atoms with Gasteiger partial charge < -0.3 is 15.0 Å². The van der Waals surface area contributed by atoms with E-state index in [-0.39, 0.29) is 11.8 Å². The highest BCUT2D eigenvalue weighted by molar-refractivity contribution is 5.87. The molecule has 5 nitrogen and oxygen atoms in total. The summed E-state index contributed by atoms with van der Waals surface area (Å²) < 4.78 is 5.32. The molecular formula is C25H34N2O3. The van der Waals surface area contributed by atoms with Crippen molar-refractivity contribution in [3.63, 3.8) is 0 Å². The van der Waals surface area contributed by atoms with Gasteiger partial charge in [0.2, 0.25) is 11.8 Å². The molecule has 2 amide bonds. The first kappa shape index (κ1) is 23.5. The first-order chi connectivity index (χ1) is 14.6. The molecule has 0 heterocycles. The van der Waals surface area contributed by atoms with Crippen LogP contribution in [0, 0.1) is 0 Å². The average Bonchev–Trinajstić information content (AvgIpc) is 2.78. The molecule has 0 aliphatic rings. The van der Waals surface area contributed by atoms with Crippen molar-refractivity contribution in [3.8, 4) is 5.75 Å². The molecule has 1 unspecified atom stereocenters. The number of methoxy groups -OCH3 is 1. The summed E-state index contributed by atoms with van der Waals surface area (Å²) in [6, 6.07) is 17.1. The SMILES string of the molecule is CCCCNC(=O)C(CC)N(Cc1cccc(OC)c1)C(=O)CCc1ccccc1. The number of benzene rings is 2.